The van der Waals surface area contributed by atoms with Crippen molar-refractivity contribution in [3.8, 4) is 0 Å². The second-order valence-electron chi connectivity index (χ2n) is 5.41. The van der Waals surface area contributed by atoms with Gasteiger partial charge in [0.15, 0.2) is 0 Å². The second kappa shape index (κ2) is 7.26. The van der Waals surface area contributed by atoms with Crippen LogP contribution in [0.2, 0.25) is 0 Å². The quantitative estimate of drug-likeness (QED) is 0.778. The lowest BCUT2D eigenvalue weighted by Gasteiger charge is -2.33. The lowest BCUT2D eigenvalue weighted by Crippen LogP contribution is -2.46. The van der Waals surface area contributed by atoms with Crippen molar-refractivity contribution in [3.63, 3.8) is 0 Å². The van der Waals surface area contributed by atoms with Crippen molar-refractivity contribution in [1.82, 2.24) is 10.2 Å². The van der Waals surface area contributed by atoms with E-state index in [1.807, 2.05) is 6.92 Å². The first-order chi connectivity index (χ1) is 9.38. The first kappa shape index (κ1) is 16.5. The minimum Gasteiger partial charge on any atom is -0.481 e. The fraction of sp³-hybridized carbons (Fsp3) is 0.786. The number of rotatable bonds is 5. The van der Waals surface area contributed by atoms with Crippen LogP contribution in [0, 0.1) is 17.8 Å². The van der Waals surface area contributed by atoms with Crippen molar-refractivity contribution >= 4 is 17.8 Å². The summed E-state index contributed by atoms with van der Waals surface area (Å²) in [5.41, 5.74) is 0. The summed E-state index contributed by atoms with van der Waals surface area (Å²) in [4.78, 5) is 36.5. The summed E-state index contributed by atoms with van der Waals surface area (Å²) in [6.45, 7) is 6.74. The number of carboxylic acids is 1. The van der Waals surface area contributed by atoms with Gasteiger partial charge in [0, 0.05) is 31.5 Å². The van der Waals surface area contributed by atoms with Crippen LogP contribution in [0.25, 0.3) is 0 Å². The number of nitrogens with one attached hydrogen (secondary N) is 1. The van der Waals surface area contributed by atoms with E-state index in [1.165, 1.54) is 0 Å². The Hall–Kier alpha value is -1.59. The molecule has 2 atom stereocenters. The van der Waals surface area contributed by atoms with E-state index in [2.05, 4.69) is 5.32 Å². The van der Waals surface area contributed by atoms with Crippen LogP contribution in [-0.2, 0) is 14.4 Å². The minimum absolute atomic E-state index is 0.0359. The zero-order valence-corrected chi connectivity index (χ0v) is 12.4. The Bertz CT molecular complexity index is 375. The maximum atomic E-state index is 12.2. The van der Waals surface area contributed by atoms with Crippen molar-refractivity contribution in [3.05, 3.63) is 0 Å². The van der Waals surface area contributed by atoms with E-state index in [0.717, 1.165) is 0 Å². The van der Waals surface area contributed by atoms with Gasteiger partial charge in [0.1, 0.15) is 0 Å². The summed E-state index contributed by atoms with van der Waals surface area (Å²) in [6, 6.07) is 0. The third-order valence-corrected chi connectivity index (χ3v) is 4.06. The summed E-state index contributed by atoms with van der Waals surface area (Å²) in [7, 11) is 0. The van der Waals surface area contributed by atoms with Crippen LogP contribution in [0.3, 0.4) is 0 Å². The van der Waals surface area contributed by atoms with E-state index in [0.29, 0.717) is 32.5 Å². The molecule has 6 nitrogen and oxygen atoms in total. The molecule has 0 spiro atoms. The van der Waals surface area contributed by atoms with Gasteiger partial charge in [0.2, 0.25) is 11.8 Å². The van der Waals surface area contributed by atoms with Crippen LogP contribution in [-0.4, -0.2) is 47.4 Å². The molecule has 0 aromatic rings. The maximum Gasteiger partial charge on any atom is 0.307 e. The van der Waals surface area contributed by atoms with Crippen molar-refractivity contribution in [1.29, 1.82) is 0 Å². The van der Waals surface area contributed by atoms with Crippen LogP contribution < -0.4 is 5.32 Å². The highest BCUT2D eigenvalue weighted by atomic mass is 16.4. The summed E-state index contributed by atoms with van der Waals surface area (Å²) in [5, 5.41) is 11.7. The predicted molar refractivity (Wildman–Crippen MR) is 74.0 cm³/mol. The summed E-state index contributed by atoms with van der Waals surface area (Å²) in [6.07, 6.45) is 1.29. The van der Waals surface area contributed by atoms with Crippen LogP contribution >= 0.6 is 0 Å². The van der Waals surface area contributed by atoms with Gasteiger partial charge in [-0.25, -0.2) is 0 Å². The average molecular weight is 284 g/mol. The van der Waals surface area contributed by atoms with Gasteiger partial charge in [-0.1, -0.05) is 13.8 Å². The van der Waals surface area contributed by atoms with Crippen LogP contribution in [0.4, 0.5) is 0 Å². The molecular formula is C14H24N2O4. The van der Waals surface area contributed by atoms with Crippen molar-refractivity contribution in [2.75, 3.05) is 19.6 Å². The monoisotopic (exact) mass is 284 g/mol. The fourth-order valence-electron chi connectivity index (χ4n) is 2.40. The van der Waals surface area contributed by atoms with E-state index in [1.54, 1.807) is 18.7 Å². The Kier molecular flexibility index (Phi) is 5.98. The van der Waals surface area contributed by atoms with Gasteiger partial charge >= 0.3 is 5.97 Å². The molecule has 1 aliphatic heterocycles. The van der Waals surface area contributed by atoms with Gasteiger partial charge < -0.3 is 15.3 Å². The Morgan fingerprint density at radius 1 is 1.20 bits per heavy atom. The molecule has 1 fully saturated rings. The van der Waals surface area contributed by atoms with Crippen LogP contribution in [0.5, 0.6) is 0 Å². The Morgan fingerprint density at radius 2 is 1.75 bits per heavy atom. The first-order valence-corrected chi connectivity index (χ1v) is 7.17. The minimum atomic E-state index is -0.956. The molecule has 1 saturated heterocycles. The topological polar surface area (TPSA) is 86.7 Å². The summed E-state index contributed by atoms with van der Waals surface area (Å²) in [5.74, 6) is -2.30. The molecule has 6 heteroatoms. The molecule has 2 amide bonds. The van der Waals surface area contributed by atoms with Crippen molar-refractivity contribution < 1.29 is 19.5 Å². The van der Waals surface area contributed by atoms with Crippen LogP contribution in [0.15, 0.2) is 0 Å². The van der Waals surface area contributed by atoms with Gasteiger partial charge in [0.25, 0.3) is 0 Å². The molecule has 2 unspecified atom stereocenters. The zero-order chi connectivity index (χ0) is 15.3. The number of aliphatic carboxylic acids is 1. The van der Waals surface area contributed by atoms with E-state index in [4.69, 9.17) is 5.11 Å². The maximum absolute atomic E-state index is 12.2. The molecule has 20 heavy (non-hydrogen) atoms. The number of piperidine rings is 1. The predicted octanol–water partition coefficient (Wildman–Crippen LogP) is 0.718. The first-order valence-electron chi connectivity index (χ1n) is 7.17. The number of hydrogen-bond acceptors (Lipinski definition) is 3. The molecule has 0 bridgehead atoms. The smallest absolute Gasteiger partial charge is 0.307 e. The number of carbonyl (C=O) groups excluding carboxylic acids is 2. The number of nitrogens with zero attached hydrogens (tertiary/aromatic N) is 1. The Labute approximate surface area is 119 Å². The zero-order valence-electron chi connectivity index (χ0n) is 12.4. The third kappa shape index (κ3) is 3.95. The number of hydrogen-bond donors (Lipinski definition) is 2. The second-order valence-corrected chi connectivity index (χ2v) is 5.41. The third-order valence-electron chi connectivity index (χ3n) is 4.06. The molecule has 0 aliphatic carbocycles. The summed E-state index contributed by atoms with van der Waals surface area (Å²) >= 11 is 0. The molecule has 0 radical (unpaired) electrons. The van der Waals surface area contributed by atoms with Gasteiger partial charge in [-0.2, -0.15) is 0 Å². The standard InChI is InChI=1S/C14H24N2O4/c1-4-15-12(17)11-5-7-16(8-6-11)13(18)9(2)10(3)14(19)20/h9-11H,4-8H2,1-3H3,(H,15,17)(H,19,20). The highest BCUT2D eigenvalue weighted by Crippen LogP contribution is 2.21. The molecule has 0 aromatic heterocycles. The largest absolute Gasteiger partial charge is 0.481 e. The molecule has 1 rings (SSSR count). The molecule has 0 aromatic carbocycles. The number of carboxylic acid groups (broad SMARTS) is 1. The lowest BCUT2D eigenvalue weighted by atomic mass is 9.91. The van der Waals surface area contributed by atoms with Gasteiger partial charge in [-0.3, -0.25) is 14.4 Å². The van der Waals surface area contributed by atoms with E-state index in [-0.39, 0.29) is 17.7 Å². The fourth-order valence-corrected chi connectivity index (χ4v) is 2.40. The number of likely N-dealkylation sites (tertiary alicyclic amines) is 1. The highest BCUT2D eigenvalue weighted by Gasteiger charge is 2.32. The molecule has 2 N–H and O–H groups in total. The van der Waals surface area contributed by atoms with Gasteiger partial charge in [-0.15, -0.1) is 0 Å². The number of amides is 2. The molecule has 1 aliphatic rings. The van der Waals surface area contributed by atoms with Crippen molar-refractivity contribution in [2.45, 2.75) is 33.6 Å². The summed E-state index contributed by atoms with van der Waals surface area (Å²) < 4.78 is 0. The lowest BCUT2D eigenvalue weighted by molar-refractivity contribution is -0.149. The van der Waals surface area contributed by atoms with Gasteiger partial charge in [-0.05, 0) is 19.8 Å². The molecule has 1 heterocycles. The van der Waals surface area contributed by atoms with Crippen molar-refractivity contribution in [2.24, 2.45) is 17.8 Å². The van der Waals surface area contributed by atoms with E-state index in [9.17, 15) is 14.4 Å². The van der Waals surface area contributed by atoms with Gasteiger partial charge in [0.05, 0.1) is 5.92 Å². The normalized spacial score (nSPS) is 19.2. The number of carbonyl (C=O) groups is 3. The average Bonchev–Trinajstić information content (AvgIpc) is 2.45. The molecular weight excluding hydrogens is 260 g/mol. The Balaban J connectivity index is 2.50. The molecule has 114 valence electrons. The Morgan fingerprint density at radius 3 is 2.20 bits per heavy atom. The highest BCUT2D eigenvalue weighted by molar-refractivity contribution is 5.84. The SMILES string of the molecule is CCNC(=O)C1CCN(C(=O)C(C)C(C)C(=O)O)CC1. The molecule has 0 saturated carbocycles. The van der Waals surface area contributed by atoms with E-state index < -0.39 is 17.8 Å². The van der Waals surface area contributed by atoms with Crippen LogP contribution in [0.1, 0.15) is 33.6 Å². The van der Waals surface area contributed by atoms with E-state index >= 15 is 0 Å².